The second-order valence-electron chi connectivity index (χ2n) is 6.79. The van der Waals surface area contributed by atoms with Gasteiger partial charge in [-0.25, -0.2) is 18.4 Å². The number of aryl methyl sites for hydroxylation is 2. The van der Waals surface area contributed by atoms with E-state index in [9.17, 15) is 8.42 Å². The van der Waals surface area contributed by atoms with Crippen LogP contribution in [0.5, 0.6) is 0 Å². The second kappa shape index (κ2) is 7.47. The van der Waals surface area contributed by atoms with Gasteiger partial charge in [0.05, 0.1) is 17.6 Å². The van der Waals surface area contributed by atoms with Gasteiger partial charge in [0.25, 0.3) is 0 Å². The van der Waals surface area contributed by atoms with E-state index < -0.39 is 10.0 Å². The van der Waals surface area contributed by atoms with Crippen molar-refractivity contribution in [1.29, 1.82) is 0 Å². The van der Waals surface area contributed by atoms with Crippen LogP contribution in [0.3, 0.4) is 0 Å². The number of nitrogens with two attached hydrogens (primary N) is 1. The summed E-state index contributed by atoms with van der Waals surface area (Å²) in [6.45, 7) is 5.78. The normalized spacial score (nSPS) is 11.3. The third-order valence-electron chi connectivity index (χ3n) is 4.48. The molecule has 2 aromatic carbocycles. The van der Waals surface area contributed by atoms with Crippen molar-refractivity contribution >= 4 is 32.9 Å². The van der Waals surface area contributed by atoms with Crippen LogP contribution < -0.4 is 15.8 Å². The van der Waals surface area contributed by atoms with Gasteiger partial charge in [-0.05, 0) is 49.6 Å². The smallest absolute Gasteiger partial charge is 0.229 e. The van der Waals surface area contributed by atoms with Crippen LogP contribution in [0.25, 0.3) is 11.3 Å². The lowest BCUT2D eigenvalue weighted by Crippen LogP contribution is -2.10. The average Bonchev–Trinajstić information content (AvgIpc) is 2.62. The van der Waals surface area contributed by atoms with Crippen LogP contribution in [0.1, 0.15) is 16.7 Å². The number of nitrogens with zero attached hydrogens (tertiary/aromatic N) is 2. The Morgan fingerprint density at radius 2 is 1.68 bits per heavy atom. The molecule has 0 saturated carbocycles. The van der Waals surface area contributed by atoms with Crippen molar-refractivity contribution in [2.24, 2.45) is 0 Å². The Hall–Kier alpha value is -3.13. The number of nitrogens with one attached hydrogen (secondary N) is 2. The molecule has 0 saturated heterocycles. The molecule has 0 unspecified atom stereocenters. The number of sulfonamides is 1. The van der Waals surface area contributed by atoms with E-state index in [-0.39, 0.29) is 0 Å². The predicted molar refractivity (Wildman–Crippen MR) is 114 cm³/mol. The highest BCUT2D eigenvalue weighted by atomic mass is 32.2. The topological polar surface area (TPSA) is 110 Å². The lowest BCUT2D eigenvalue weighted by atomic mass is 10.0. The van der Waals surface area contributed by atoms with Crippen LogP contribution in [-0.4, -0.2) is 24.6 Å². The minimum absolute atomic E-state index is 0.518. The fourth-order valence-corrected chi connectivity index (χ4v) is 3.49. The lowest BCUT2D eigenvalue weighted by molar-refractivity contribution is 0.607. The number of nitrogen functional groups attached to an aromatic ring is 1. The molecule has 146 valence electrons. The second-order valence-corrected chi connectivity index (χ2v) is 8.53. The van der Waals surface area contributed by atoms with Crippen LogP contribution in [-0.2, 0) is 10.0 Å². The van der Waals surface area contributed by atoms with Crippen LogP contribution in [0, 0.1) is 20.8 Å². The summed E-state index contributed by atoms with van der Waals surface area (Å²) < 4.78 is 25.6. The Morgan fingerprint density at radius 1 is 0.964 bits per heavy atom. The van der Waals surface area contributed by atoms with Gasteiger partial charge in [-0.3, -0.25) is 4.72 Å². The number of aromatic nitrogens is 2. The molecular weight excluding hydrogens is 374 g/mol. The van der Waals surface area contributed by atoms with Crippen molar-refractivity contribution in [3.63, 3.8) is 0 Å². The first-order chi connectivity index (χ1) is 13.1. The summed E-state index contributed by atoms with van der Waals surface area (Å²) in [6.07, 6.45) is 2.61. The summed E-state index contributed by atoms with van der Waals surface area (Å²) >= 11 is 0. The maximum Gasteiger partial charge on any atom is 0.229 e. The Balaban J connectivity index is 1.92. The Bertz CT molecular complexity index is 1140. The summed E-state index contributed by atoms with van der Waals surface area (Å²) in [5, 5.41) is 3.20. The summed E-state index contributed by atoms with van der Waals surface area (Å²) in [6, 6.07) is 11.2. The molecule has 0 bridgehead atoms. The molecule has 4 N–H and O–H groups in total. The van der Waals surface area contributed by atoms with E-state index in [2.05, 4.69) is 20.0 Å². The standard InChI is InChI=1S/C20H23N5O2S/c1-12-5-7-15(9-17(12)25-28(4,26)27)24-19-10-18(22-11-23-19)16-8-6-13(2)20(21)14(16)3/h5-11,25H,21H2,1-4H3,(H,22,23,24). The van der Waals surface area contributed by atoms with E-state index >= 15 is 0 Å². The predicted octanol–water partition coefficient (Wildman–Crippen LogP) is 3.77. The highest BCUT2D eigenvalue weighted by Gasteiger charge is 2.10. The molecule has 1 aromatic heterocycles. The van der Waals surface area contributed by atoms with Gasteiger partial charge in [0.1, 0.15) is 12.1 Å². The summed E-state index contributed by atoms with van der Waals surface area (Å²) in [5.74, 6) is 0.595. The van der Waals surface area contributed by atoms with E-state index in [1.807, 2.05) is 51.1 Å². The molecule has 3 rings (SSSR count). The first-order valence-electron chi connectivity index (χ1n) is 8.67. The zero-order chi connectivity index (χ0) is 20.5. The van der Waals surface area contributed by atoms with Gasteiger partial charge in [-0.2, -0.15) is 0 Å². The van der Waals surface area contributed by atoms with E-state index in [4.69, 9.17) is 5.73 Å². The Kier molecular flexibility index (Phi) is 5.24. The zero-order valence-electron chi connectivity index (χ0n) is 16.2. The first kappa shape index (κ1) is 19.6. The molecule has 0 atom stereocenters. The maximum absolute atomic E-state index is 11.5. The van der Waals surface area contributed by atoms with Crippen molar-refractivity contribution in [3.05, 3.63) is 59.4 Å². The quantitative estimate of drug-likeness (QED) is 0.565. The minimum Gasteiger partial charge on any atom is -0.398 e. The molecule has 8 heteroatoms. The fraction of sp³-hybridized carbons (Fsp3) is 0.200. The molecule has 0 aliphatic rings. The molecular formula is C20H23N5O2S. The van der Waals surface area contributed by atoms with Crippen molar-refractivity contribution in [2.75, 3.05) is 22.0 Å². The number of anilines is 4. The van der Waals surface area contributed by atoms with E-state index in [1.54, 1.807) is 6.07 Å². The lowest BCUT2D eigenvalue weighted by Gasteiger charge is -2.13. The number of hydrogen-bond donors (Lipinski definition) is 3. The highest BCUT2D eigenvalue weighted by molar-refractivity contribution is 7.92. The minimum atomic E-state index is -3.36. The zero-order valence-corrected chi connectivity index (χ0v) is 17.1. The van der Waals surface area contributed by atoms with Gasteiger partial charge in [0.15, 0.2) is 0 Å². The average molecular weight is 398 g/mol. The molecule has 7 nitrogen and oxygen atoms in total. The molecule has 0 aliphatic heterocycles. The van der Waals surface area contributed by atoms with Crippen LogP contribution >= 0.6 is 0 Å². The van der Waals surface area contributed by atoms with Crippen molar-refractivity contribution in [1.82, 2.24) is 9.97 Å². The van der Waals surface area contributed by atoms with E-state index in [0.29, 0.717) is 17.2 Å². The van der Waals surface area contributed by atoms with Crippen molar-refractivity contribution in [2.45, 2.75) is 20.8 Å². The van der Waals surface area contributed by atoms with Gasteiger partial charge in [0, 0.05) is 23.0 Å². The van der Waals surface area contributed by atoms with Crippen molar-refractivity contribution in [3.8, 4) is 11.3 Å². The van der Waals surface area contributed by atoms with Gasteiger partial charge in [0.2, 0.25) is 10.0 Å². The molecule has 0 radical (unpaired) electrons. The SMILES string of the molecule is Cc1ccc(Nc2cc(-c3ccc(C)c(N)c3C)ncn2)cc1NS(C)(=O)=O. The molecule has 0 aliphatic carbocycles. The van der Waals surface area contributed by atoms with Crippen molar-refractivity contribution < 1.29 is 8.42 Å². The van der Waals surface area contributed by atoms with Gasteiger partial charge in [-0.15, -0.1) is 0 Å². The maximum atomic E-state index is 11.5. The third kappa shape index (κ3) is 4.40. The van der Waals surface area contributed by atoms with Crippen LogP contribution in [0.4, 0.5) is 22.9 Å². The molecule has 0 spiro atoms. The molecule has 3 aromatic rings. The van der Waals surface area contributed by atoms with Crippen LogP contribution in [0.2, 0.25) is 0 Å². The molecule has 1 heterocycles. The number of hydrogen-bond acceptors (Lipinski definition) is 6. The van der Waals surface area contributed by atoms with Crippen LogP contribution in [0.15, 0.2) is 42.7 Å². The largest absolute Gasteiger partial charge is 0.398 e. The first-order valence-corrected chi connectivity index (χ1v) is 10.6. The molecule has 0 fully saturated rings. The number of benzene rings is 2. The number of rotatable bonds is 5. The van der Waals surface area contributed by atoms with Gasteiger partial charge >= 0.3 is 0 Å². The Morgan fingerprint density at radius 3 is 2.39 bits per heavy atom. The van der Waals surface area contributed by atoms with Gasteiger partial charge in [-0.1, -0.05) is 18.2 Å². The third-order valence-corrected chi connectivity index (χ3v) is 5.07. The molecule has 0 amide bonds. The monoisotopic (exact) mass is 397 g/mol. The Labute approximate surface area is 165 Å². The summed E-state index contributed by atoms with van der Waals surface area (Å²) in [4.78, 5) is 8.63. The summed E-state index contributed by atoms with van der Waals surface area (Å²) in [7, 11) is -3.36. The highest BCUT2D eigenvalue weighted by Crippen LogP contribution is 2.30. The summed E-state index contributed by atoms with van der Waals surface area (Å²) in [5.41, 5.74) is 12.6. The van der Waals surface area contributed by atoms with Gasteiger partial charge < -0.3 is 11.1 Å². The fourth-order valence-electron chi connectivity index (χ4n) is 2.87. The molecule has 28 heavy (non-hydrogen) atoms. The van der Waals surface area contributed by atoms with E-state index in [0.717, 1.165) is 39.9 Å². The van der Waals surface area contributed by atoms with E-state index in [1.165, 1.54) is 6.33 Å².